The van der Waals surface area contributed by atoms with Crippen molar-refractivity contribution in [3.63, 3.8) is 0 Å². The molecule has 0 fully saturated rings. The molecule has 2 aromatic carbocycles. The second-order valence-electron chi connectivity index (χ2n) is 8.86. The fourth-order valence-electron chi connectivity index (χ4n) is 4.43. The topological polar surface area (TPSA) is 129 Å². The number of hydrogen-bond donors (Lipinski definition) is 1. The van der Waals surface area contributed by atoms with Crippen molar-refractivity contribution in [1.29, 1.82) is 0 Å². The van der Waals surface area contributed by atoms with Crippen LogP contribution in [0.15, 0.2) is 48.8 Å². The lowest BCUT2D eigenvalue weighted by Gasteiger charge is -2.30. The second kappa shape index (κ2) is 9.87. The molecular weight excluding hydrogens is 522 g/mol. The number of thiazole rings is 1. The monoisotopic (exact) mass is 545 g/mol. The number of aryl methyl sites for hydroxylation is 1. The van der Waals surface area contributed by atoms with Crippen LogP contribution in [-0.4, -0.2) is 64.6 Å². The average molecular weight is 546 g/mol. The summed E-state index contributed by atoms with van der Waals surface area (Å²) >= 11 is 1.48. The molecule has 11 nitrogen and oxygen atoms in total. The zero-order valence-corrected chi connectivity index (χ0v) is 22.1. The molecule has 198 valence electrons. The van der Waals surface area contributed by atoms with Gasteiger partial charge >= 0.3 is 6.09 Å². The Morgan fingerprint density at radius 3 is 2.67 bits per heavy atom. The van der Waals surface area contributed by atoms with Gasteiger partial charge in [0.1, 0.15) is 16.3 Å². The molecule has 3 aromatic heterocycles. The average Bonchev–Trinajstić information content (AvgIpc) is 3.39. The van der Waals surface area contributed by atoms with Gasteiger partial charge in [0, 0.05) is 11.6 Å². The lowest BCUT2D eigenvalue weighted by atomic mass is 10.1. The van der Waals surface area contributed by atoms with Crippen molar-refractivity contribution in [3.05, 3.63) is 54.4 Å². The number of carbonyl (C=O) groups is 1. The van der Waals surface area contributed by atoms with E-state index in [1.165, 1.54) is 29.5 Å². The molecule has 0 aliphatic carbocycles. The van der Waals surface area contributed by atoms with Crippen molar-refractivity contribution in [2.45, 2.75) is 13.0 Å². The molecule has 1 amide bonds. The third-order valence-electron chi connectivity index (χ3n) is 6.25. The number of benzene rings is 2. The van der Waals surface area contributed by atoms with E-state index in [2.05, 4.69) is 15.0 Å². The lowest BCUT2D eigenvalue weighted by molar-refractivity contribution is 0.0962. The van der Waals surface area contributed by atoms with Crippen LogP contribution < -0.4 is 23.8 Å². The van der Waals surface area contributed by atoms with Gasteiger partial charge in [0.2, 0.25) is 11.8 Å². The number of aromatic nitrogens is 4. The van der Waals surface area contributed by atoms with E-state index in [0.717, 1.165) is 37.4 Å². The van der Waals surface area contributed by atoms with Gasteiger partial charge in [0.25, 0.3) is 0 Å². The molecule has 1 aliphatic heterocycles. The van der Waals surface area contributed by atoms with Crippen LogP contribution in [0.2, 0.25) is 0 Å². The van der Waals surface area contributed by atoms with Crippen molar-refractivity contribution >= 4 is 44.4 Å². The Labute approximate surface area is 226 Å². The van der Waals surface area contributed by atoms with Gasteiger partial charge in [-0.05, 0) is 42.8 Å². The summed E-state index contributed by atoms with van der Waals surface area (Å²) in [6.45, 7) is 2.23. The van der Waals surface area contributed by atoms with Crippen molar-refractivity contribution in [3.8, 4) is 33.8 Å². The molecule has 0 unspecified atom stereocenters. The van der Waals surface area contributed by atoms with E-state index in [1.807, 2.05) is 25.1 Å². The van der Waals surface area contributed by atoms with Crippen LogP contribution in [0.25, 0.3) is 31.8 Å². The molecule has 0 spiro atoms. The minimum Gasteiger partial charge on any atom is -0.484 e. The Balaban J connectivity index is 1.30. The Bertz CT molecular complexity index is 1710. The van der Waals surface area contributed by atoms with Crippen LogP contribution in [0.1, 0.15) is 5.56 Å². The van der Waals surface area contributed by atoms with E-state index >= 15 is 0 Å². The zero-order chi connectivity index (χ0) is 27.1. The number of nitrogens with zero attached hydrogens (tertiary/aromatic N) is 5. The van der Waals surface area contributed by atoms with Crippen LogP contribution >= 0.6 is 11.3 Å². The number of hydrogen-bond acceptors (Lipinski definition) is 10. The fraction of sp³-hybridized carbons (Fsp3) is 0.222. The van der Waals surface area contributed by atoms with E-state index in [4.69, 9.17) is 23.9 Å². The Morgan fingerprint density at radius 1 is 1.08 bits per heavy atom. The molecule has 39 heavy (non-hydrogen) atoms. The molecule has 0 saturated carbocycles. The number of anilines is 1. The largest absolute Gasteiger partial charge is 0.484 e. The number of fused-ring (bicyclic) bond motifs is 4. The molecule has 1 N–H and O–H groups in total. The Hall–Kier alpha value is -4.71. The summed E-state index contributed by atoms with van der Waals surface area (Å²) in [6.07, 6.45) is 1.40. The first-order valence-corrected chi connectivity index (χ1v) is 12.8. The van der Waals surface area contributed by atoms with Crippen LogP contribution in [0.5, 0.6) is 23.3 Å². The first-order valence-electron chi connectivity index (χ1n) is 12.0. The third-order valence-corrected chi connectivity index (χ3v) is 7.35. The molecule has 1 atom stereocenters. The number of pyridine rings is 1. The first kappa shape index (κ1) is 24.6. The van der Waals surface area contributed by atoms with Gasteiger partial charge in [-0.25, -0.2) is 24.7 Å². The summed E-state index contributed by atoms with van der Waals surface area (Å²) in [4.78, 5) is 31.2. The van der Waals surface area contributed by atoms with Crippen molar-refractivity contribution < 1.29 is 28.8 Å². The highest BCUT2D eigenvalue weighted by Crippen LogP contribution is 2.44. The lowest BCUT2D eigenvalue weighted by Crippen LogP contribution is -2.43. The van der Waals surface area contributed by atoms with Gasteiger partial charge in [-0.15, -0.1) is 11.3 Å². The number of ether oxygens (including phenoxy) is 4. The summed E-state index contributed by atoms with van der Waals surface area (Å²) in [6, 6.07) is 10.9. The SMILES string of the molecule is COc1ccc(N(C[C@@H]2COc3c(ccc4nc(-c5cc(C)cc6nc(OC)cnc56)sc34)O2)C(=O)O)cn1. The van der Waals surface area contributed by atoms with E-state index in [1.54, 1.807) is 31.5 Å². The molecular formula is C27H23N5O6S. The number of rotatable bonds is 6. The Kier molecular flexibility index (Phi) is 6.23. The summed E-state index contributed by atoms with van der Waals surface area (Å²) in [5, 5.41) is 10.6. The normalized spacial score (nSPS) is 14.4. The summed E-state index contributed by atoms with van der Waals surface area (Å²) in [5.41, 5.74) is 4.53. The van der Waals surface area contributed by atoms with Gasteiger partial charge in [-0.2, -0.15) is 0 Å². The molecule has 0 bridgehead atoms. The first-order chi connectivity index (χ1) is 18.9. The molecule has 5 aromatic rings. The molecule has 6 rings (SSSR count). The van der Waals surface area contributed by atoms with Gasteiger partial charge < -0.3 is 24.1 Å². The number of carboxylic acid groups (broad SMARTS) is 1. The predicted molar refractivity (Wildman–Crippen MR) is 146 cm³/mol. The highest BCUT2D eigenvalue weighted by Gasteiger charge is 2.29. The fourth-order valence-corrected chi connectivity index (χ4v) is 5.51. The summed E-state index contributed by atoms with van der Waals surface area (Å²) in [5.74, 6) is 1.96. The summed E-state index contributed by atoms with van der Waals surface area (Å²) < 4.78 is 23.5. The third kappa shape index (κ3) is 4.59. The van der Waals surface area contributed by atoms with E-state index in [9.17, 15) is 9.90 Å². The van der Waals surface area contributed by atoms with Crippen molar-refractivity contribution in [1.82, 2.24) is 19.9 Å². The summed E-state index contributed by atoms with van der Waals surface area (Å²) in [7, 11) is 3.06. The smallest absolute Gasteiger partial charge is 0.411 e. The van der Waals surface area contributed by atoms with E-state index < -0.39 is 12.2 Å². The molecule has 0 radical (unpaired) electrons. The van der Waals surface area contributed by atoms with Gasteiger partial charge in [0.15, 0.2) is 17.6 Å². The quantitative estimate of drug-likeness (QED) is 0.313. The highest BCUT2D eigenvalue weighted by molar-refractivity contribution is 7.22. The number of amides is 1. The molecule has 0 saturated heterocycles. The van der Waals surface area contributed by atoms with Crippen LogP contribution in [0.4, 0.5) is 10.5 Å². The van der Waals surface area contributed by atoms with Crippen molar-refractivity contribution in [2.24, 2.45) is 0 Å². The number of methoxy groups -OCH3 is 2. The highest BCUT2D eigenvalue weighted by atomic mass is 32.1. The van der Waals surface area contributed by atoms with Crippen LogP contribution in [0, 0.1) is 6.92 Å². The van der Waals surface area contributed by atoms with Crippen LogP contribution in [-0.2, 0) is 0 Å². The molecule has 1 aliphatic rings. The van der Waals surface area contributed by atoms with E-state index in [-0.39, 0.29) is 13.2 Å². The standard InChI is InChI=1S/C27H23N5O6S/c1-14-8-17(23-19(9-14)30-22(36-3)11-29-23)26-31-18-5-6-20-24(25(18)39-26)37-13-16(38-20)12-32(27(33)34)15-4-7-21(35-2)28-10-15/h4-11,16H,12-13H2,1-3H3,(H,33,34)/t16-/m1/s1. The predicted octanol–water partition coefficient (Wildman–Crippen LogP) is 4.95. The van der Waals surface area contributed by atoms with Gasteiger partial charge in [-0.1, -0.05) is 0 Å². The molecule has 4 heterocycles. The van der Waals surface area contributed by atoms with Crippen LogP contribution in [0.3, 0.4) is 0 Å². The van der Waals surface area contributed by atoms with Gasteiger partial charge in [0.05, 0.1) is 55.4 Å². The maximum Gasteiger partial charge on any atom is 0.411 e. The molecule has 12 heteroatoms. The minimum absolute atomic E-state index is 0.0617. The Morgan fingerprint density at radius 2 is 1.92 bits per heavy atom. The van der Waals surface area contributed by atoms with Crippen molar-refractivity contribution in [2.75, 3.05) is 32.3 Å². The zero-order valence-electron chi connectivity index (χ0n) is 21.2. The maximum absolute atomic E-state index is 12.0. The maximum atomic E-state index is 12.0. The van der Waals surface area contributed by atoms with Gasteiger partial charge in [-0.3, -0.25) is 4.90 Å². The second-order valence-corrected chi connectivity index (χ2v) is 9.85. The minimum atomic E-state index is -1.12. The van der Waals surface area contributed by atoms with E-state index in [0.29, 0.717) is 28.9 Å².